The molecule has 0 rings (SSSR count). The summed E-state index contributed by atoms with van der Waals surface area (Å²) in [5.74, 6) is -0.725. The van der Waals surface area contributed by atoms with E-state index in [1.807, 2.05) is 13.8 Å². The molecule has 0 aromatic rings. The first-order valence-electron chi connectivity index (χ1n) is 13.6. The Morgan fingerprint density at radius 1 is 0.562 bits per heavy atom. The maximum atomic E-state index is 12.9. The first-order chi connectivity index (χ1) is 15.5. The van der Waals surface area contributed by atoms with Crippen molar-refractivity contribution >= 4 is 11.9 Å². The van der Waals surface area contributed by atoms with Gasteiger partial charge in [0.15, 0.2) is 0 Å². The third-order valence-corrected chi connectivity index (χ3v) is 5.86. The monoisotopic (exact) mass is 452 g/mol. The zero-order valence-corrected chi connectivity index (χ0v) is 21.9. The Labute approximate surface area is 198 Å². The van der Waals surface area contributed by atoms with Crippen LogP contribution < -0.4 is 0 Å². The number of ether oxygens (including phenoxy) is 2. The minimum atomic E-state index is -0.337. The molecular weight excluding hydrogens is 400 g/mol. The molecule has 0 amide bonds. The summed E-state index contributed by atoms with van der Waals surface area (Å²) < 4.78 is 11.2. The molecule has 0 aromatic carbocycles. The second-order valence-electron chi connectivity index (χ2n) is 9.31. The second-order valence-corrected chi connectivity index (χ2v) is 9.31. The van der Waals surface area contributed by atoms with Crippen LogP contribution in [-0.2, 0) is 19.1 Å². The van der Waals surface area contributed by atoms with Crippen molar-refractivity contribution in [1.29, 1.82) is 0 Å². The summed E-state index contributed by atoms with van der Waals surface area (Å²) in [6, 6.07) is 0. The highest BCUT2D eigenvalue weighted by atomic mass is 16.5. The average Bonchev–Trinajstić information content (AvgIpc) is 2.76. The van der Waals surface area contributed by atoms with Gasteiger partial charge in [-0.3, -0.25) is 0 Å². The first kappa shape index (κ1) is 30.7. The van der Waals surface area contributed by atoms with Gasteiger partial charge < -0.3 is 9.47 Å². The molecule has 0 atom stereocenters. The summed E-state index contributed by atoms with van der Waals surface area (Å²) in [7, 11) is 0. The molecule has 0 fully saturated rings. The van der Waals surface area contributed by atoms with Gasteiger partial charge >= 0.3 is 11.9 Å². The van der Waals surface area contributed by atoms with Crippen molar-refractivity contribution in [3.8, 4) is 0 Å². The van der Waals surface area contributed by atoms with Gasteiger partial charge in [-0.1, -0.05) is 112 Å². The Morgan fingerprint density at radius 3 is 1.44 bits per heavy atom. The lowest BCUT2D eigenvalue weighted by atomic mass is 9.93. The molecule has 0 unspecified atom stereocenters. The lowest BCUT2D eigenvalue weighted by Crippen LogP contribution is -2.21. The summed E-state index contributed by atoms with van der Waals surface area (Å²) >= 11 is 0. The Balaban J connectivity index is 4.88. The third kappa shape index (κ3) is 15.5. The molecule has 0 saturated heterocycles. The van der Waals surface area contributed by atoms with E-state index in [0.29, 0.717) is 30.8 Å². The van der Waals surface area contributed by atoms with E-state index in [0.717, 1.165) is 44.9 Å². The van der Waals surface area contributed by atoms with Crippen molar-refractivity contribution in [3.05, 3.63) is 11.1 Å². The molecule has 0 aromatic heterocycles. The second kappa shape index (κ2) is 21.5. The molecular formula is C28H52O4. The van der Waals surface area contributed by atoms with Crippen LogP contribution in [0.3, 0.4) is 0 Å². The molecule has 0 saturated carbocycles. The lowest BCUT2D eigenvalue weighted by Gasteiger charge is -2.17. The van der Waals surface area contributed by atoms with Crippen LogP contribution in [0.25, 0.3) is 0 Å². The Bertz CT molecular complexity index is 508. The van der Waals surface area contributed by atoms with Gasteiger partial charge in [-0.15, -0.1) is 0 Å². The standard InChI is InChI=1S/C28H52O4/c1-6-9-12-14-16-19-22-31-27(29)25(21-18-11-8-3)26(24(4)5)28(30)32-23-20-17-15-13-10-7-2/h24H,6-23H2,1-5H3. The fourth-order valence-corrected chi connectivity index (χ4v) is 3.87. The number of carbonyl (C=O) groups excluding carboxylic acids is 2. The molecule has 0 heterocycles. The van der Waals surface area contributed by atoms with Crippen molar-refractivity contribution in [1.82, 2.24) is 0 Å². The Morgan fingerprint density at radius 2 is 0.969 bits per heavy atom. The number of hydrogen-bond donors (Lipinski definition) is 0. The van der Waals surface area contributed by atoms with Gasteiger partial charge in [0.05, 0.1) is 18.8 Å². The van der Waals surface area contributed by atoms with Gasteiger partial charge in [0, 0.05) is 5.57 Å². The van der Waals surface area contributed by atoms with Gasteiger partial charge in [0.25, 0.3) is 0 Å². The van der Waals surface area contributed by atoms with Crippen molar-refractivity contribution in [2.45, 2.75) is 137 Å². The summed E-state index contributed by atoms with van der Waals surface area (Å²) in [6.45, 7) is 11.3. The topological polar surface area (TPSA) is 52.6 Å². The molecule has 0 aliphatic heterocycles. The molecule has 0 bridgehead atoms. The van der Waals surface area contributed by atoms with Crippen LogP contribution in [-0.4, -0.2) is 25.2 Å². The molecule has 32 heavy (non-hydrogen) atoms. The highest BCUT2D eigenvalue weighted by Crippen LogP contribution is 2.23. The summed E-state index contributed by atoms with van der Waals surface area (Å²) in [5, 5.41) is 0. The van der Waals surface area contributed by atoms with E-state index in [1.165, 1.54) is 51.4 Å². The molecule has 0 N–H and O–H groups in total. The van der Waals surface area contributed by atoms with Crippen LogP contribution >= 0.6 is 0 Å². The van der Waals surface area contributed by atoms with Gasteiger partial charge in [-0.05, 0) is 31.6 Å². The van der Waals surface area contributed by atoms with Crippen LogP contribution in [0.2, 0.25) is 0 Å². The van der Waals surface area contributed by atoms with Crippen LogP contribution in [0.5, 0.6) is 0 Å². The predicted octanol–water partition coefficient (Wildman–Crippen LogP) is 8.33. The van der Waals surface area contributed by atoms with Gasteiger partial charge in [0.2, 0.25) is 0 Å². The average molecular weight is 453 g/mol. The SMILES string of the molecule is CCCCCCCCOC(=O)C(CCCCC)=C(C(=O)OCCCCCCCC)C(C)C. The molecule has 0 aliphatic rings. The van der Waals surface area contributed by atoms with Crippen LogP contribution in [0, 0.1) is 5.92 Å². The Hall–Kier alpha value is -1.32. The smallest absolute Gasteiger partial charge is 0.334 e. The van der Waals surface area contributed by atoms with E-state index in [1.54, 1.807) is 0 Å². The fourth-order valence-electron chi connectivity index (χ4n) is 3.87. The number of unbranched alkanes of at least 4 members (excludes halogenated alkanes) is 12. The van der Waals surface area contributed by atoms with E-state index >= 15 is 0 Å². The van der Waals surface area contributed by atoms with Crippen molar-refractivity contribution in [2.24, 2.45) is 5.92 Å². The number of rotatable bonds is 21. The lowest BCUT2D eigenvalue weighted by molar-refractivity contribution is -0.143. The summed E-state index contributed by atoms with van der Waals surface area (Å²) in [6.07, 6.45) is 17.4. The fraction of sp³-hybridized carbons (Fsp3) is 0.857. The maximum absolute atomic E-state index is 12.9. The van der Waals surface area contributed by atoms with Gasteiger partial charge in [-0.25, -0.2) is 9.59 Å². The van der Waals surface area contributed by atoms with E-state index in [4.69, 9.17) is 9.47 Å². The zero-order chi connectivity index (χ0) is 24.0. The molecule has 0 radical (unpaired) electrons. The Kier molecular flexibility index (Phi) is 20.6. The zero-order valence-electron chi connectivity index (χ0n) is 21.9. The van der Waals surface area contributed by atoms with Crippen molar-refractivity contribution < 1.29 is 19.1 Å². The minimum absolute atomic E-state index is 0.0646. The van der Waals surface area contributed by atoms with Crippen LogP contribution in [0.1, 0.15) is 137 Å². The highest BCUT2D eigenvalue weighted by Gasteiger charge is 2.25. The van der Waals surface area contributed by atoms with E-state index in [2.05, 4.69) is 20.8 Å². The maximum Gasteiger partial charge on any atom is 0.334 e. The third-order valence-electron chi connectivity index (χ3n) is 5.86. The van der Waals surface area contributed by atoms with Gasteiger partial charge in [0.1, 0.15) is 0 Å². The van der Waals surface area contributed by atoms with Crippen molar-refractivity contribution in [2.75, 3.05) is 13.2 Å². The molecule has 4 heteroatoms. The van der Waals surface area contributed by atoms with Crippen LogP contribution in [0.4, 0.5) is 0 Å². The van der Waals surface area contributed by atoms with E-state index in [9.17, 15) is 9.59 Å². The summed E-state index contributed by atoms with van der Waals surface area (Å²) in [5.41, 5.74) is 1.05. The molecule has 188 valence electrons. The number of hydrogen-bond acceptors (Lipinski definition) is 4. The first-order valence-corrected chi connectivity index (χ1v) is 13.6. The van der Waals surface area contributed by atoms with Crippen molar-refractivity contribution in [3.63, 3.8) is 0 Å². The van der Waals surface area contributed by atoms with E-state index in [-0.39, 0.29) is 17.9 Å². The highest BCUT2D eigenvalue weighted by molar-refractivity contribution is 6.00. The van der Waals surface area contributed by atoms with Gasteiger partial charge in [-0.2, -0.15) is 0 Å². The summed E-state index contributed by atoms with van der Waals surface area (Å²) in [4.78, 5) is 25.8. The minimum Gasteiger partial charge on any atom is -0.462 e. The normalized spacial score (nSPS) is 12.1. The van der Waals surface area contributed by atoms with E-state index < -0.39 is 0 Å². The predicted molar refractivity (Wildman–Crippen MR) is 135 cm³/mol. The number of esters is 2. The quantitative estimate of drug-likeness (QED) is 0.0997. The molecule has 4 nitrogen and oxygen atoms in total. The largest absolute Gasteiger partial charge is 0.462 e. The number of carbonyl (C=O) groups is 2. The van der Waals surface area contributed by atoms with Crippen LogP contribution in [0.15, 0.2) is 11.1 Å². The molecule has 0 spiro atoms. The molecule has 0 aliphatic carbocycles.